The first-order valence-corrected chi connectivity index (χ1v) is 21.3. The van der Waals surface area contributed by atoms with Crippen LogP contribution in [0.15, 0.2) is 36.4 Å². The Labute approximate surface area is 303 Å². The fourth-order valence-corrected chi connectivity index (χ4v) is 7.39. The Morgan fingerprint density at radius 3 is 0.957 bits per heavy atom. The molecule has 1 aromatic rings. The fraction of sp³-hybridized carbons (Fsp3) is 0.822. The molecule has 0 aliphatic heterocycles. The van der Waals surface area contributed by atoms with Crippen LogP contribution < -0.4 is 12.4 Å². The van der Waals surface area contributed by atoms with Gasteiger partial charge in [0.25, 0.3) is 0 Å². The smallest absolute Gasteiger partial charge is 0.0977 e. The van der Waals surface area contributed by atoms with Crippen molar-refractivity contribution >= 4 is 6.08 Å². The van der Waals surface area contributed by atoms with Crippen LogP contribution in [0, 0.1) is 0 Å². The minimum atomic E-state index is 0. The van der Waals surface area contributed by atoms with Gasteiger partial charge < -0.3 is 16.9 Å². The van der Waals surface area contributed by atoms with E-state index in [-0.39, 0.29) is 12.4 Å². The Hall–Kier alpha value is -0.790. The molecule has 0 N–H and O–H groups in total. The summed E-state index contributed by atoms with van der Waals surface area (Å²) in [6.45, 7) is 12.4. The molecule has 276 valence electrons. The van der Waals surface area contributed by atoms with Crippen molar-refractivity contribution in [2.75, 3.05) is 26.2 Å². The van der Waals surface area contributed by atoms with E-state index in [0.29, 0.717) is 0 Å². The summed E-state index contributed by atoms with van der Waals surface area (Å²) >= 11 is 0. The van der Waals surface area contributed by atoms with Crippen molar-refractivity contribution in [1.29, 1.82) is 0 Å². The van der Waals surface area contributed by atoms with Gasteiger partial charge in [-0.05, 0) is 50.2 Å². The van der Waals surface area contributed by atoms with Gasteiger partial charge in [-0.25, -0.2) is 0 Å². The molecule has 0 heterocycles. The summed E-state index contributed by atoms with van der Waals surface area (Å²) < 4.78 is 1.34. The summed E-state index contributed by atoms with van der Waals surface area (Å²) in [6, 6.07) is 11.0. The second kappa shape index (κ2) is 36.5. The van der Waals surface area contributed by atoms with Gasteiger partial charge in [-0.2, -0.15) is 0 Å². The molecule has 0 saturated heterocycles. The van der Waals surface area contributed by atoms with E-state index in [1.807, 2.05) is 0 Å². The monoisotopic (exact) mass is 674 g/mol. The first-order valence-electron chi connectivity index (χ1n) is 21.3. The third-order valence-electron chi connectivity index (χ3n) is 10.6. The van der Waals surface area contributed by atoms with Crippen LogP contribution in [0.2, 0.25) is 0 Å². The summed E-state index contributed by atoms with van der Waals surface area (Å²) in [4.78, 5) is 0. The molecule has 1 aromatic carbocycles. The molecule has 0 aromatic heterocycles. The van der Waals surface area contributed by atoms with E-state index in [1.165, 1.54) is 229 Å². The molecule has 0 fully saturated rings. The second-order valence-corrected chi connectivity index (χ2v) is 15.1. The predicted octanol–water partition coefficient (Wildman–Crippen LogP) is 12.3. The molecule has 0 bridgehead atoms. The van der Waals surface area contributed by atoms with E-state index in [9.17, 15) is 0 Å². The minimum Gasteiger partial charge on any atom is -1.00 e. The van der Waals surface area contributed by atoms with Crippen LogP contribution in [0.4, 0.5) is 0 Å². The molecule has 0 atom stereocenters. The number of nitrogens with zero attached hydrogens (tertiary/aromatic N) is 1. The van der Waals surface area contributed by atoms with Crippen LogP contribution in [0.3, 0.4) is 0 Å². The largest absolute Gasteiger partial charge is 1.00 e. The maximum atomic E-state index is 2.54. The molecule has 0 saturated carbocycles. The Bertz CT molecular complexity index is 684. The standard InChI is InChI=1S/C45H84N.ClH/c1-4-7-10-13-16-19-22-25-28-34-41-46(44-37-40-45-38-32-31-33-39-45,42-35-29-26-23-20-17-14-11-8-5-2)43-36-30-27-24-21-18-15-12-9-6-3;/h31-33,37-40H,4-30,34-36,41-44H2,1-3H3;1H/q+1;/p-1/b40-37+;. The summed E-state index contributed by atoms with van der Waals surface area (Å²) in [7, 11) is 0. The van der Waals surface area contributed by atoms with Crippen molar-refractivity contribution in [2.45, 2.75) is 213 Å². The average Bonchev–Trinajstić information content (AvgIpc) is 3.07. The lowest BCUT2D eigenvalue weighted by Crippen LogP contribution is -3.00. The second-order valence-electron chi connectivity index (χ2n) is 15.1. The van der Waals surface area contributed by atoms with E-state index in [1.54, 1.807) is 0 Å². The molecule has 0 unspecified atom stereocenters. The zero-order chi connectivity index (χ0) is 33.1. The van der Waals surface area contributed by atoms with E-state index in [2.05, 4.69) is 63.3 Å². The molecule has 0 spiro atoms. The van der Waals surface area contributed by atoms with Crippen LogP contribution in [-0.2, 0) is 0 Å². The number of quaternary nitrogens is 1. The quantitative estimate of drug-likeness (QED) is 0.0491. The third-order valence-corrected chi connectivity index (χ3v) is 10.6. The molecule has 0 aliphatic carbocycles. The van der Waals surface area contributed by atoms with Crippen LogP contribution in [0.5, 0.6) is 0 Å². The highest BCUT2D eigenvalue weighted by Crippen LogP contribution is 2.20. The number of benzene rings is 1. The molecule has 1 rings (SSSR count). The molecule has 0 aliphatic rings. The van der Waals surface area contributed by atoms with Crippen molar-refractivity contribution in [3.63, 3.8) is 0 Å². The van der Waals surface area contributed by atoms with E-state index in [0.717, 1.165) is 0 Å². The van der Waals surface area contributed by atoms with Gasteiger partial charge in [-0.15, -0.1) is 0 Å². The Kier molecular flexibility index (Phi) is 35.9. The topological polar surface area (TPSA) is 0 Å². The lowest BCUT2D eigenvalue weighted by Gasteiger charge is -2.39. The molecule has 0 radical (unpaired) electrons. The lowest BCUT2D eigenvalue weighted by molar-refractivity contribution is -0.923. The van der Waals surface area contributed by atoms with Gasteiger partial charge in [0.05, 0.1) is 26.2 Å². The lowest BCUT2D eigenvalue weighted by atomic mass is 10.0. The highest BCUT2D eigenvalue weighted by Gasteiger charge is 2.25. The minimum absolute atomic E-state index is 0. The predicted molar refractivity (Wildman–Crippen MR) is 211 cm³/mol. The summed E-state index contributed by atoms with van der Waals surface area (Å²) in [5, 5.41) is 0. The summed E-state index contributed by atoms with van der Waals surface area (Å²) in [6.07, 6.45) is 48.1. The van der Waals surface area contributed by atoms with Gasteiger partial charge in [0.15, 0.2) is 0 Å². The van der Waals surface area contributed by atoms with Crippen LogP contribution >= 0.6 is 0 Å². The zero-order valence-electron chi connectivity index (χ0n) is 32.4. The van der Waals surface area contributed by atoms with Gasteiger partial charge in [0.2, 0.25) is 0 Å². The molecule has 0 amide bonds. The van der Waals surface area contributed by atoms with Crippen molar-refractivity contribution in [3.8, 4) is 0 Å². The number of hydrogen-bond donors (Lipinski definition) is 0. The highest BCUT2D eigenvalue weighted by molar-refractivity contribution is 5.48. The molecule has 47 heavy (non-hydrogen) atoms. The number of halogens is 1. The van der Waals surface area contributed by atoms with Gasteiger partial charge in [0, 0.05) is 0 Å². The Balaban J connectivity index is 0.0000212. The van der Waals surface area contributed by atoms with Gasteiger partial charge in [0.1, 0.15) is 0 Å². The first-order chi connectivity index (χ1) is 22.8. The van der Waals surface area contributed by atoms with Crippen molar-refractivity contribution in [2.24, 2.45) is 0 Å². The SMILES string of the molecule is CCCCCCCCCCCC[N+](C/C=C/c1ccccc1)(CCCCCCCCCCCC)CCCCCCCCCCCC.[Cl-]. The molecular formula is C45H84ClN. The van der Waals surface area contributed by atoms with E-state index in [4.69, 9.17) is 0 Å². The number of hydrogen-bond acceptors (Lipinski definition) is 0. The van der Waals surface area contributed by atoms with Gasteiger partial charge >= 0.3 is 0 Å². The van der Waals surface area contributed by atoms with Crippen molar-refractivity contribution in [1.82, 2.24) is 0 Å². The third kappa shape index (κ3) is 29.8. The molecular weight excluding hydrogens is 590 g/mol. The van der Waals surface area contributed by atoms with E-state index < -0.39 is 0 Å². The first kappa shape index (κ1) is 46.2. The van der Waals surface area contributed by atoms with Gasteiger partial charge in [-0.3, -0.25) is 0 Å². The maximum absolute atomic E-state index is 2.54. The number of unbranched alkanes of at least 4 members (excludes halogenated alkanes) is 27. The van der Waals surface area contributed by atoms with Gasteiger partial charge in [-0.1, -0.05) is 211 Å². The zero-order valence-corrected chi connectivity index (χ0v) is 33.2. The summed E-state index contributed by atoms with van der Waals surface area (Å²) in [5.74, 6) is 0. The van der Waals surface area contributed by atoms with E-state index >= 15 is 0 Å². The average molecular weight is 675 g/mol. The number of rotatable bonds is 36. The molecule has 1 nitrogen and oxygen atoms in total. The Morgan fingerprint density at radius 2 is 0.660 bits per heavy atom. The maximum Gasteiger partial charge on any atom is 0.0977 e. The fourth-order valence-electron chi connectivity index (χ4n) is 7.39. The van der Waals surface area contributed by atoms with Crippen LogP contribution in [0.25, 0.3) is 6.08 Å². The molecule has 2 heteroatoms. The van der Waals surface area contributed by atoms with Crippen molar-refractivity contribution in [3.05, 3.63) is 42.0 Å². The summed E-state index contributed by atoms with van der Waals surface area (Å²) in [5.41, 5.74) is 1.36. The van der Waals surface area contributed by atoms with Crippen LogP contribution in [0.1, 0.15) is 219 Å². The highest BCUT2D eigenvalue weighted by atomic mass is 35.5. The Morgan fingerprint density at radius 1 is 0.383 bits per heavy atom. The normalized spacial score (nSPS) is 11.8. The van der Waals surface area contributed by atoms with Crippen molar-refractivity contribution < 1.29 is 16.9 Å². The van der Waals surface area contributed by atoms with Crippen LogP contribution in [-0.4, -0.2) is 30.7 Å².